The molecule has 0 spiro atoms. The van der Waals surface area contributed by atoms with E-state index in [9.17, 15) is 9.90 Å². The van der Waals surface area contributed by atoms with Gasteiger partial charge in [0.25, 0.3) is 0 Å². The molecule has 0 aromatic carbocycles. The predicted molar refractivity (Wildman–Crippen MR) is 82.7 cm³/mol. The maximum Gasteiger partial charge on any atom is 0.133 e. The van der Waals surface area contributed by atoms with Crippen molar-refractivity contribution in [2.24, 2.45) is 34.5 Å². The Morgan fingerprint density at radius 1 is 1.05 bits per heavy atom. The summed E-state index contributed by atoms with van der Waals surface area (Å²) in [6.45, 7) is 4.90. The number of Topliss-reactive ketones (excluding diaryl/α,β-unsaturated/α-hetero) is 1. The fraction of sp³-hybridized carbons (Fsp3) is 0.947. The Morgan fingerprint density at radius 3 is 2.67 bits per heavy atom. The standard InChI is InChI=1S/C19H30O2/c1-18-7-6-16-15(17(18)10-14(21)11-18)4-3-12-9-13(20)5-8-19(12,16)2/h12-13,15-17,20H,3-11H2,1-2H3/t12-,13-,15+,16-,17-,18+,19-/m0/s1. The van der Waals surface area contributed by atoms with Gasteiger partial charge in [0.2, 0.25) is 0 Å². The number of aliphatic hydroxyl groups excluding tert-OH is 1. The van der Waals surface area contributed by atoms with E-state index in [1.807, 2.05) is 0 Å². The first-order chi connectivity index (χ1) is 9.92. The second-order valence-electron chi connectivity index (χ2n) is 9.20. The van der Waals surface area contributed by atoms with Crippen molar-refractivity contribution in [1.29, 1.82) is 0 Å². The Morgan fingerprint density at radius 2 is 1.86 bits per heavy atom. The molecule has 0 bridgehead atoms. The van der Waals surface area contributed by atoms with Crippen LogP contribution in [-0.2, 0) is 4.79 Å². The molecule has 0 aromatic rings. The first-order valence-electron chi connectivity index (χ1n) is 9.12. The Bertz CT molecular complexity index is 458. The zero-order valence-electron chi connectivity index (χ0n) is 13.6. The maximum atomic E-state index is 12.1. The molecule has 4 aliphatic carbocycles. The van der Waals surface area contributed by atoms with Crippen LogP contribution in [-0.4, -0.2) is 17.0 Å². The average molecular weight is 290 g/mol. The number of fused-ring (bicyclic) bond motifs is 5. The topological polar surface area (TPSA) is 37.3 Å². The number of rotatable bonds is 0. The van der Waals surface area contributed by atoms with Crippen molar-refractivity contribution in [1.82, 2.24) is 0 Å². The molecule has 2 heteroatoms. The predicted octanol–water partition coefficient (Wildman–Crippen LogP) is 3.96. The number of hydrogen-bond acceptors (Lipinski definition) is 2. The molecule has 2 nitrogen and oxygen atoms in total. The maximum absolute atomic E-state index is 12.1. The summed E-state index contributed by atoms with van der Waals surface area (Å²) in [6, 6.07) is 0. The van der Waals surface area contributed by atoms with Crippen molar-refractivity contribution in [3.05, 3.63) is 0 Å². The first kappa shape index (κ1) is 14.2. The molecule has 1 N–H and O–H groups in total. The third-order valence-electron chi connectivity index (χ3n) is 8.20. The second kappa shape index (κ2) is 4.57. The van der Waals surface area contributed by atoms with Gasteiger partial charge in [-0.05, 0) is 79.4 Å². The van der Waals surface area contributed by atoms with Crippen molar-refractivity contribution < 1.29 is 9.90 Å². The van der Waals surface area contributed by atoms with Crippen LogP contribution < -0.4 is 0 Å². The third kappa shape index (κ3) is 1.97. The Labute approximate surface area is 128 Å². The summed E-state index contributed by atoms with van der Waals surface area (Å²) in [5.74, 6) is 3.51. The van der Waals surface area contributed by atoms with Gasteiger partial charge in [-0.25, -0.2) is 0 Å². The van der Waals surface area contributed by atoms with Gasteiger partial charge in [0.05, 0.1) is 6.10 Å². The normalized spacial score (nSPS) is 56.5. The van der Waals surface area contributed by atoms with Crippen LogP contribution in [0.1, 0.15) is 71.6 Å². The van der Waals surface area contributed by atoms with E-state index in [0.29, 0.717) is 22.5 Å². The molecule has 4 saturated carbocycles. The van der Waals surface area contributed by atoms with E-state index in [2.05, 4.69) is 13.8 Å². The minimum Gasteiger partial charge on any atom is -0.393 e. The minimum atomic E-state index is -0.0541. The molecule has 0 aliphatic heterocycles. The van der Waals surface area contributed by atoms with Gasteiger partial charge in [0, 0.05) is 12.8 Å². The molecule has 4 rings (SSSR count). The van der Waals surface area contributed by atoms with E-state index < -0.39 is 0 Å². The lowest BCUT2D eigenvalue weighted by Crippen LogP contribution is -2.53. The number of aliphatic hydroxyl groups is 1. The monoisotopic (exact) mass is 290 g/mol. The molecule has 0 heterocycles. The van der Waals surface area contributed by atoms with E-state index in [4.69, 9.17) is 0 Å². The molecule has 0 unspecified atom stereocenters. The van der Waals surface area contributed by atoms with Crippen LogP contribution in [0.5, 0.6) is 0 Å². The van der Waals surface area contributed by atoms with Crippen LogP contribution in [0.25, 0.3) is 0 Å². The second-order valence-corrected chi connectivity index (χ2v) is 9.20. The van der Waals surface area contributed by atoms with Crippen LogP contribution in [0, 0.1) is 34.5 Å². The van der Waals surface area contributed by atoms with Crippen LogP contribution >= 0.6 is 0 Å². The Kier molecular flexibility index (Phi) is 3.10. The molecule has 0 aromatic heterocycles. The van der Waals surface area contributed by atoms with Crippen molar-refractivity contribution in [3.8, 4) is 0 Å². The number of carbonyl (C=O) groups excluding carboxylic acids is 1. The van der Waals surface area contributed by atoms with Crippen LogP contribution in [0.15, 0.2) is 0 Å². The number of ketones is 1. The van der Waals surface area contributed by atoms with Gasteiger partial charge in [0.1, 0.15) is 5.78 Å². The summed E-state index contributed by atoms with van der Waals surface area (Å²) in [7, 11) is 0. The molecule has 4 aliphatic rings. The highest BCUT2D eigenvalue weighted by Crippen LogP contribution is 2.65. The summed E-state index contributed by atoms with van der Waals surface area (Å²) < 4.78 is 0. The quantitative estimate of drug-likeness (QED) is 0.733. The molecule has 0 radical (unpaired) electrons. The van der Waals surface area contributed by atoms with E-state index >= 15 is 0 Å². The summed E-state index contributed by atoms with van der Waals surface area (Å²) in [4.78, 5) is 12.1. The lowest BCUT2D eigenvalue weighted by Gasteiger charge is -2.60. The largest absolute Gasteiger partial charge is 0.393 e. The van der Waals surface area contributed by atoms with Gasteiger partial charge in [-0.3, -0.25) is 4.79 Å². The minimum absolute atomic E-state index is 0.0541. The zero-order valence-corrected chi connectivity index (χ0v) is 13.6. The van der Waals surface area contributed by atoms with Gasteiger partial charge in [0.15, 0.2) is 0 Å². The molecule has 0 amide bonds. The van der Waals surface area contributed by atoms with Gasteiger partial charge < -0.3 is 5.11 Å². The SMILES string of the molecule is C[C@]12CC[C@H]3[C@@H](CC[C@H]4C[C@@H](O)CC[C@@]43C)[C@@H]1CC(=O)C2. The van der Waals surface area contributed by atoms with Crippen LogP contribution in [0.2, 0.25) is 0 Å². The van der Waals surface area contributed by atoms with Gasteiger partial charge >= 0.3 is 0 Å². The zero-order chi connectivity index (χ0) is 14.8. The molecule has 118 valence electrons. The van der Waals surface area contributed by atoms with Crippen molar-refractivity contribution in [2.75, 3.05) is 0 Å². The summed E-state index contributed by atoms with van der Waals surface area (Å²) in [6.07, 6.45) is 10.1. The molecule has 7 atom stereocenters. The lowest BCUT2D eigenvalue weighted by molar-refractivity contribution is -0.121. The summed E-state index contributed by atoms with van der Waals surface area (Å²) in [5, 5.41) is 10.0. The van der Waals surface area contributed by atoms with E-state index in [1.165, 1.54) is 32.1 Å². The fourth-order valence-corrected chi connectivity index (χ4v) is 7.01. The van der Waals surface area contributed by atoms with Crippen molar-refractivity contribution in [2.45, 2.75) is 77.7 Å². The van der Waals surface area contributed by atoms with Crippen molar-refractivity contribution >= 4 is 5.78 Å². The van der Waals surface area contributed by atoms with E-state index in [0.717, 1.165) is 43.4 Å². The van der Waals surface area contributed by atoms with E-state index in [1.54, 1.807) is 0 Å². The summed E-state index contributed by atoms with van der Waals surface area (Å²) >= 11 is 0. The van der Waals surface area contributed by atoms with Crippen LogP contribution in [0.4, 0.5) is 0 Å². The van der Waals surface area contributed by atoms with E-state index in [-0.39, 0.29) is 6.10 Å². The highest BCUT2D eigenvalue weighted by molar-refractivity contribution is 5.82. The fourth-order valence-electron chi connectivity index (χ4n) is 7.01. The molecule has 21 heavy (non-hydrogen) atoms. The number of carbonyl (C=O) groups is 1. The summed E-state index contributed by atoms with van der Waals surface area (Å²) in [5.41, 5.74) is 0.755. The smallest absolute Gasteiger partial charge is 0.133 e. The van der Waals surface area contributed by atoms with Crippen molar-refractivity contribution in [3.63, 3.8) is 0 Å². The highest BCUT2D eigenvalue weighted by atomic mass is 16.3. The Balaban J connectivity index is 1.63. The third-order valence-corrected chi connectivity index (χ3v) is 8.20. The molecular formula is C19H30O2. The average Bonchev–Trinajstić information content (AvgIpc) is 2.74. The van der Waals surface area contributed by atoms with Gasteiger partial charge in [-0.15, -0.1) is 0 Å². The molecule has 0 saturated heterocycles. The first-order valence-corrected chi connectivity index (χ1v) is 9.12. The van der Waals surface area contributed by atoms with Gasteiger partial charge in [-0.2, -0.15) is 0 Å². The molecule has 4 fully saturated rings. The highest BCUT2D eigenvalue weighted by Gasteiger charge is 2.59. The van der Waals surface area contributed by atoms with Gasteiger partial charge in [-0.1, -0.05) is 13.8 Å². The molecular weight excluding hydrogens is 260 g/mol. The number of hydrogen-bond donors (Lipinski definition) is 1. The Hall–Kier alpha value is -0.370. The van der Waals surface area contributed by atoms with Crippen LogP contribution in [0.3, 0.4) is 0 Å². The lowest BCUT2D eigenvalue weighted by atomic mass is 9.45.